The molecule has 0 aromatic carbocycles. The van der Waals surface area contributed by atoms with Gasteiger partial charge in [0, 0.05) is 19.9 Å². The lowest BCUT2D eigenvalue weighted by atomic mass is 10.8. The van der Waals surface area contributed by atoms with E-state index in [4.69, 9.17) is 14.5 Å². The molecule has 0 saturated carbocycles. The van der Waals surface area contributed by atoms with E-state index in [9.17, 15) is 4.57 Å². The monoisotopic (exact) mass is 170 g/mol. The lowest BCUT2D eigenvalue weighted by molar-refractivity contribution is 0.162. The van der Waals surface area contributed by atoms with Gasteiger partial charge in [0.25, 0.3) is 0 Å². The molecule has 0 radical (unpaired) electrons. The highest BCUT2D eigenvalue weighted by Gasteiger charge is 1.95. The zero-order valence-electron chi connectivity index (χ0n) is 6.57. The molecular weight excluding hydrogens is 155 g/mol. The molecule has 5 heteroatoms. The molecule has 0 saturated heterocycles. The van der Waals surface area contributed by atoms with Gasteiger partial charge in [0.15, 0.2) is 0 Å². The third-order valence-corrected chi connectivity index (χ3v) is 0.408. The van der Waals surface area contributed by atoms with Crippen LogP contribution in [0.4, 0.5) is 0 Å². The van der Waals surface area contributed by atoms with Crippen molar-refractivity contribution in [2.45, 2.75) is 13.8 Å². The van der Waals surface area contributed by atoms with Crippen LogP contribution in [0.15, 0.2) is 0 Å². The van der Waals surface area contributed by atoms with Gasteiger partial charge in [0.2, 0.25) is 0 Å². The minimum atomic E-state index is -3.64. The van der Waals surface area contributed by atoms with Gasteiger partial charge in [0.1, 0.15) is 0 Å². The van der Waals surface area contributed by atoms with Crippen LogP contribution in [0.5, 0.6) is 0 Å². The summed E-state index contributed by atoms with van der Waals surface area (Å²) in [6.45, 7) is 6.52. The lowest BCUT2D eigenvalue weighted by Gasteiger charge is -1.86. The normalized spacial score (nSPS) is 10.1. The predicted molar refractivity (Wildman–Crippen MR) is 40.1 cm³/mol. The van der Waals surface area contributed by atoms with Crippen LogP contribution in [0.1, 0.15) is 13.8 Å². The molecule has 0 unspecified atom stereocenters. The molecule has 0 fully saturated rings. The van der Waals surface area contributed by atoms with Crippen molar-refractivity contribution in [1.29, 1.82) is 0 Å². The molecule has 0 atom stereocenters. The Balaban J connectivity index is 0. The van der Waals surface area contributed by atoms with Gasteiger partial charge in [-0.25, -0.2) is 0 Å². The van der Waals surface area contributed by atoms with E-state index in [1.807, 2.05) is 13.8 Å². The fourth-order valence-electron chi connectivity index (χ4n) is 0.204. The molecule has 10 heavy (non-hydrogen) atoms. The molecule has 0 aliphatic rings. The Labute approximate surface area is 61.4 Å². The Hall–Kier alpha value is 0.110. The van der Waals surface area contributed by atoms with Crippen molar-refractivity contribution in [2.75, 3.05) is 19.9 Å². The molecule has 0 spiro atoms. The van der Waals surface area contributed by atoms with Crippen LogP contribution in [0, 0.1) is 0 Å². The van der Waals surface area contributed by atoms with Crippen molar-refractivity contribution in [3.05, 3.63) is 0 Å². The van der Waals surface area contributed by atoms with Crippen molar-refractivity contribution < 1.29 is 19.1 Å². The maximum Gasteiger partial charge on any atom is 0.322 e. The largest absolute Gasteiger partial charge is 0.382 e. The summed E-state index contributed by atoms with van der Waals surface area (Å²) in [5.41, 5.74) is 0. The van der Waals surface area contributed by atoms with Crippen LogP contribution in [0.25, 0.3) is 0 Å². The highest BCUT2D eigenvalue weighted by Crippen LogP contribution is 2.26. The van der Waals surface area contributed by atoms with Crippen LogP contribution in [0.3, 0.4) is 0 Å². The van der Waals surface area contributed by atoms with E-state index in [1.54, 1.807) is 0 Å². The average Bonchev–Trinajstić information content (AvgIpc) is 1.63. The maximum absolute atomic E-state index is 9.33. The fraction of sp³-hybridized carbons (Fsp3) is 1.00. The van der Waals surface area contributed by atoms with Gasteiger partial charge in [-0.05, 0) is 13.8 Å². The van der Waals surface area contributed by atoms with Gasteiger partial charge >= 0.3 is 7.60 Å². The van der Waals surface area contributed by atoms with E-state index in [1.165, 1.54) is 0 Å². The van der Waals surface area contributed by atoms with Gasteiger partial charge in [-0.2, -0.15) is 0 Å². The van der Waals surface area contributed by atoms with Crippen molar-refractivity contribution in [3.8, 4) is 0 Å². The Morgan fingerprint density at radius 1 is 1.30 bits per heavy atom. The number of ether oxygens (including phenoxy) is 1. The Morgan fingerprint density at radius 3 is 1.50 bits per heavy atom. The number of hydrogen-bond acceptors (Lipinski definition) is 2. The smallest absolute Gasteiger partial charge is 0.322 e. The number of rotatable bonds is 2. The molecule has 2 N–H and O–H groups in total. The SMILES string of the molecule is CCOCC.CP(=O)(O)O. The van der Waals surface area contributed by atoms with Crippen LogP contribution in [-0.4, -0.2) is 29.7 Å². The quantitative estimate of drug-likeness (QED) is 0.602. The summed E-state index contributed by atoms with van der Waals surface area (Å²) in [5, 5.41) is 0. The standard InChI is InChI=1S/C4H10O.CH5O3P/c1-3-5-4-2;1-5(2,3)4/h3-4H2,1-2H3;1H3,(H2,2,3,4). The Morgan fingerprint density at radius 2 is 1.50 bits per heavy atom. The molecule has 64 valence electrons. The Kier molecular flexibility index (Phi) is 9.21. The van der Waals surface area contributed by atoms with Crippen LogP contribution >= 0.6 is 7.60 Å². The zero-order chi connectivity index (χ0) is 8.62. The summed E-state index contributed by atoms with van der Waals surface area (Å²) < 4.78 is 14.2. The van der Waals surface area contributed by atoms with Crippen molar-refractivity contribution in [3.63, 3.8) is 0 Å². The first-order valence-electron chi connectivity index (χ1n) is 3.02. The highest BCUT2D eigenvalue weighted by atomic mass is 31.2. The Bertz CT molecular complexity index is 87.6. The molecule has 0 heterocycles. The van der Waals surface area contributed by atoms with Gasteiger partial charge in [0.05, 0.1) is 0 Å². The summed E-state index contributed by atoms with van der Waals surface area (Å²) in [6, 6.07) is 0. The second-order valence-corrected chi connectivity index (χ2v) is 3.29. The zero-order valence-corrected chi connectivity index (χ0v) is 7.47. The minimum Gasteiger partial charge on any atom is -0.382 e. The molecule has 0 rings (SSSR count). The minimum absolute atomic E-state index is 0.844. The van der Waals surface area contributed by atoms with Crippen molar-refractivity contribution >= 4 is 7.60 Å². The van der Waals surface area contributed by atoms with E-state index >= 15 is 0 Å². The second kappa shape index (κ2) is 7.22. The van der Waals surface area contributed by atoms with Gasteiger partial charge in [-0.15, -0.1) is 0 Å². The summed E-state index contributed by atoms with van der Waals surface area (Å²) in [5.74, 6) is 0. The molecular formula is C5H15O4P. The predicted octanol–water partition coefficient (Wildman–Crippen LogP) is 0.837. The summed E-state index contributed by atoms with van der Waals surface area (Å²) in [4.78, 5) is 15.3. The van der Waals surface area contributed by atoms with E-state index in [0.29, 0.717) is 0 Å². The van der Waals surface area contributed by atoms with E-state index in [-0.39, 0.29) is 0 Å². The van der Waals surface area contributed by atoms with Crippen molar-refractivity contribution in [1.82, 2.24) is 0 Å². The van der Waals surface area contributed by atoms with Crippen LogP contribution < -0.4 is 0 Å². The summed E-state index contributed by atoms with van der Waals surface area (Å²) in [7, 11) is -3.64. The molecule has 0 amide bonds. The van der Waals surface area contributed by atoms with E-state index < -0.39 is 7.60 Å². The molecule has 0 aromatic rings. The molecule has 0 aliphatic heterocycles. The summed E-state index contributed by atoms with van der Waals surface area (Å²) >= 11 is 0. The van der Waals surface area contributed by atoms with E-state index in [2.05, 4.69) is 0 Å². The first kappa shape index (κ1) is 12.8. The molecule has 0 aromatic heterocycles. The third-order valence-electron chi connectivity index (χ3n) is 0.408. The van der Waals surface area contributed by atoms with Gasteiger partial charge in [-0.1, -0.05) is 0 Å². The maximum atomic E-state index is 9.33. The lowest BCUT2D eigenvalue weighted by Crippen LogP contribution is -1.84. The topological polar surface area (TPSA) is 66.8 Å². The first-order chi connectivity index (χ1) is 4.41. The second-order valence-electron chi connectivity index (χ2n) is 1.62. The first-order valence-corrected chi connectivity index (χ1v) is 5.08. The highest BCUT2D eigenvalue weighted by molar-refractivity contribution is 7.50. The summed E-state index contributed by atoms with van der Waals surface area (Å²) in [6.07, 6.45) is 0. The van der Waals surface area contributed by atoms with Crippen LogP contribution in [-0.2, 0) is 9.30 Å². The number of hydrogen-bond donors (Lipinski definition) is 2. The third kappa shape index (κ3) is 92.1. The van der Waals surface area contributed by atoms with Crippen molar-refractivity contribution in [2.24, 2.45) is 0 Å². The van der Waals surface area contributed by atoms with E-state index in [0.717, 1.165) is 19.9 Å². The van der Waals surface area contributed by atoms with Gasteiger partial charge < -0.3 is 14.5 Å². The fourth-order valence-corrected chi connectivity index (χ4v) is 0.204. The van der Waals surface area contributed by atoms with Crippen LogP contribution in [0.2, 0.25) is 0 Å². The molecule has 0 bridgehead atoms. The molecule has 0 aliphatic carbocycles. The van der Waals surface area contributed by atoms with Gasteiger partial charge in [-0.3, -0.25) is 4.57 Å². The average molecular weight is 170 g/mol. The molecule has 4 nitrogen and oxygen atoms in total.